The van der Waals surface area contributed by atoms with Crippen LogP contribution in [0, 0.1) is 0 Å². The van der Waals surface area contributed by atoms with E-state index in [1.807, 2.05) is 6.07 Å². The number of benzene rings is 1. The minimum Gasteiger partial charge on any atom is -0.508 e. The van der Waals surface area contributed by atoms with Gasteiger partial charge in [0.2, 0.25) is 0 Å². The zero-order valence-corrected chi connectivity index (χ0v) is 13.6. The predicted octanol–water partition coefficient (Wildman–Crippen LogP) is 6.71. The Morgan fingerprint density at radius 3 is 1.20 bits per heavy atom. The maximum absolute atomic E-state index is 8.63. The van der Waals surface area contributed by atoms with Gasteiger partial charge in [0.1, 0.15) is 5.75 Å². The lowest BCUT2D eigenvalue weighted by Crippen LogP contribution is -1.80. The van der Waals surface area contributed by atoms with E-state index < -0.39 is 0 Å². The zero-order chi connectivity index (χ0) is 14.9. The van der Waals surface area contributed by atoms with E-state index in [0.29, 0.717) is 5.75 Å². The number of hydrogen-bond donors (Lipinski definition) is 1. The monoisotopic (exact) mass is 278 g/mol. The van der Waals surface area contributed by atoms with Crippen LogP contribution in [-0.4, -0.2) is 5.11 Å². The molecular weight excluding hydrogens is 244 g/mol. The molecule has 0 heterocycles. The zero-order valence-electron chi connectivity index (χ0n) is 13.6. The summed E-state index contributed by atoms with van der Waals surface area (Å²) >= 11 is 0. The lowest BCUT2D eigenvalue weighted by Gasteiger charge is -2.00. The molecule has 0 saturated heterocycles. The summed E-state index contributed by atoms with van der Waals surface area (Å²) in [5, 5.41) is 8.63. The highest BCUT2D eigenvalue weighted by molar-refractivity contribution is 5.18. The van der Waals surface area contributed by atoms with E-state index in [0.717, 1.165) is 0 Å². The van der Waals surface area contributed by atoms with Gasteiger partial charge in [0.25, 0.3) is 0 Å². The van der Waals surface area contributed by atoms with Crippen molar-refractivity contribution in [1.29, 1.82) is 0 Å². The molecule has 1 aromatic carbocycles. The largest absolute Gasteiger partial charge is 0.508 e. The second-order valence-electron chi connectivity index (χ2n) is 5.52. The fourth-order valence-electron chi connectivity index (χ4n) is 2.17. The van der Waals surface area contributed by atoms with Crippen molar-refractivity contribution in [3.05, 3.63) is 30.3 Å². The van der Waals surface area contributed by atoms with Crippen molar-refractivity contribution in [1.82, 2.24) is 0 Å². The SMILES string of the molecule is CCCCCCCCCCCCC.Oc1ccccc1. The van der Waals surface area contributed by atoms with Crippen molar-refractivity contribution < 1.29 is 5.11 Å². The molecule has 1 rings (SSSR count). The molecule has 1 heteroatoms. The van der Waals surface area contributed by atoms with Crippen molar-refractivity contribution in [2.45, 2.75) is 84.5 Å². The molecule has 0 aliphatic rings. The van der Waals surface area contributed by atoms with Gasteiger partial charge in [0, 0.05) is 0 Å². The van der Waals surface area contributed by atoms with E-state index in [2.05, 4.69) is 13.8 Å². The first-order valence-corrected chi connectivity index (χ1v) is 8.55. The van der Waals surface area contributed by atoms with Crippen LogP contribution >= 0.6 is 0 Å². The summed E-state index contributed by atoms with van der Waals surface area (Å²) < 4.78 is 0. The molecule has 116 valence electrons. The third-order valence-corrected chi connectivity index (χ3v) is 3.46. The first-order valence-electron chi connectivity index (χ1n) is 8.55. The lowest BCUT2D eigenvalue weighted by atomic mass is 10.1. The topological polar surface area (TPSA) is 20.2 Å². The highest BCUT2D eigenvalue weighted by atomic mass is 16.3. The number of phenolic OH excluding ortho intramolecular Hbond substituents is 1. The number of unbranched alkanes of at least 4 members (excludes halogenated alkanes) is 10. The molecule has 1 N–H and O–H groups in total. The summed E-state index contributed by atoms with van der Waals surface area (Å²) in [4.78, 5) is 0. The van der Waals surface area contributed by atoms with Crippen molar-refractivity contribution >= 4 is 0 Å². The Bertz CT molecular complexity index is 258. The molecule has 0 amide bonds. The van der Waals surface area contributed by atoms with E-state index in [-0.39, 0.29) is 0 Å². The normalized spacial score (nSPS) is 9.90. The molecule has 0 aliphatic carbocycles. The maximum Gasteiger partial charge on any atom is 0.115 e. The van der Waals surface area contributed by atoms with Crippen LogP contribution in [0.15, 0.2) is 30.3 Å². The van der Waals surface area contributed by atoms with Crippen molar-refractivity contribution in [2.24, 2.45) is 0 Å². The Balaban J connectivity index is 0.000000428. The Hall–Kier alpha value is -0.980. The number of hydrogen-bond acceptors (Lipinski definition) is 1. The van der Waals surface area contributed by atoms with Crippen molar-refractivity contribution in [3.63, 3.8) is 0 Å². The Kier molecular flexibility index (Phi) is 15.3. The van der Waals surface area contributed by atoms with Gasteiger partial charge in [0.15, 0.2) is 0 Å². The standard InChI is InChI=1S/C13H28.C6H6O/c1-3-5-7-9-11-13-12-10-8-6-4-2;7-6-4-2-1-3-5-6/h3-13H2,1-2H3;1-5,7H. The third kappa shape index (κ3) is 15.1. The summed E-state index contributed by atoms with van der Waals surface area (Å²) in [6.07, 6.45) is 15.9. The van der Waals surface area contributed by atoms with Crippen LogP contribution in [0.1, 0.15) is 84.5 Å². The summed E-state index contributed by atoms with van der Waals surface area (Å²) in [6.45, 7) is 4.56. The maximum atomic E-state index is 8.63. The van der Waals surface area contributed by atoms with E-state index >= 15 is 0 Å². The molecule has 0 aliphatic heterocycles. The molecule has 0 aromatic heterocycles. The second-order valence-corrected chi connectivity index (χ2v) is 5.52. The van der Waals surface area contributed by atoms with Crippen LogP contribution in [0.3, 0.4) is 0 Å². The van der Waals surface area contributed by atoms with Gasteiger partial charge in [-0.2, -0.15) is 0 Å². The van der Waals surface area contributed by atoms with E-state index in [1.54, 1.807) is 24.3 Å². The van der Waals surface area contributed by atoms with Crippen molar-refractivity contribution in [2.75, 3.05) is 0 Å². The Morgan fingerprint density at radius 2 is 0.950 bits per heavy atom. The van der Waals surface area contributed by atoms with E-state index in [4.69, 9.17) is 5.11 Å². The molecule has 0 spiro atoms. The molecule has 1 aromatic rings. The fourth-order valence-corrected chi connectivity index (χ4v) is 2.17. The molecule has 0 bridgehead atoms. The second kappa shape index (κ2) is 16.1. The first kappa shape index (κ1) is 19.0. The van der Waals surface area contributed by atoms with Crippen LogP contribution in [-0.2, 0) is 0 Å². The molecule has 1 nitrogen and oxygen atoms in total. The Morgan fingerprint density at radius 1 is 0.600 bits per heavy atom. The van der Waals surface area contributed by atoms with Gasteiger partial charge >= 0.3 is 0 Å². The van der Waals surface area contributed by atoms with Crippen LogP contribution in [0.5, 0.6) is 5.75 Å². The summed E-state index contributed by atoms with van der Waals surface area (Å²) in [7, 11) is 0. The molecule has 0 fully saturated rings. The van der Waals surface area contributed by atoms with Gasteiger partial charge in [-0.15, -0.1) is 0 Å². The summed E-state index contributed by atoms with van der Waals surface area (Å²) in [5.41, 5.74) is 0. The van der Waals surface area contributed by atoms with Gasteiger partial charge in [-0.3, -0.25) is 0 Å². The highest BCUT2D eigenvalue weighted by Gasteiger charge is 1.90. The van der Waals surface area contributed by atoms with Crippen LogP contribution < -0.4 is 0 Å². The molecule has 0 unspecified atom stereocenters. The quantitative estimate of drug-likeness (QED) is 0.471. The number of rotatable bonds is 10. The molecule has 20 heavy (non-hydrogen) atoms. The minimum atomic E-state index is 0.322. The molecular formula is C19H34O. The fraction of sp³-hybridized carbons (Fsp3) is 0.684. The van der Waals surface area contributed by atoms with Crippen LogP contribution in [0.2, 0.25) is 0 Å². The van der Waals surface area contributed by atoms with E-state index in [9.17, 15) is 0 Å². The number of phenols is 1. The van der Waals surface area contributed by atoms with Crippen molar-refractivity contribution in [3.8, 4) is 5.75 Å². The van der Waals surface area contributed by atoms with Gasteiger partial charge in [-0.1, -0.05) is 103 Å². The molecule has 0 radical (unpaired) electrons. The van der Waals surface area contributed by atoms with Gasteiger partial charge in [0.05, 0.1) is 0 Å². The molecule has 0 saturated carbocycles. The average Bonchev–Trinajstić information content (AvgIpc) is 2.47. The number of aromatic hydroxyl groups is 1. The first-order chi connectivity index (χ1) is 9.81. The Labute approximate surface area is 126 Å². The van der Waals surface area contributed by atoms with Crippen LogP contribution in [0.4, 0.5) is 0 Å². The smallest absolute Gasteiger partial charge is 0.115 e. The highest BCUT2D eigenvalue weighted by Crippen LogP contribution is 2.10. The lowest BCUT2D eigenvalue weighted by molar-refractivity contribution is 0.475. The summed E-state index contributed by atoms with van der Waals surface area (Å²) in [6, 6.07) is 8.71. The number of para-hydroxylation sites is 1. The van der Waals surface area contributed by atoms with E-state index in [1.165, 1.54) is 70.6 Å². The predicted molar refractivity (Wildman–Crippen MR) is 90.2 cm³/mol. The average molecular weight is 278 g/mol. The summed E-state index contributed by atoms with van der Waals surface area (Å²) in [5.74, 6) is 0.322. The van der Waals surface area contributed by atoms with Gasteiger partial charge in [-0.05, 0) is 12.1 Å². The minimum absolute atomic E-state index is 0.322. The third-order valence-electron chi connectivity index (χ3n) is 3.46. The molecule has 0 atom stereocenters. The van der Waals surface area contributed by atoms with Crippen LogP contribution in [0.25, 0.3) is 0 Å². The van der Waals surface area contributed by atoms with Gasteiger partial charge < -0.3 is 5.11 Å². The van der Waals surface area contributed by atoms with Gasteiger partial charge in [-0.25, -0.2) is 0 Å².